The molecule has 28 heavy (non-hydrogen) atoms. The number of methoxy groups -OCH3 is 1. The number of hydrogen-bond donors (Lipinski definition) is 1. The van der Waals surface area contributed by atoms with Gasteiger partial charge in [-0.1, -0.05) is 6.07 Å². The molecular weight excluding hydrogens is 360 g/mol. The second-order valence-electron chi connectivity index (χ2n) is 6.92. The zero-order chi connectivity index (χ0) is 19.7. The maximum absolute atomic E-state index is 13.1. The average molecular weight is 382 g/mol. The Kier molecular flexibility index (Phi) is 4.54. The van der Waals surface area contributed by atoms with Crippen molar-refractivity contribution in [2.45, 2.75) is 12.5 Å². The number of nitrogens with one attached hydrogen (secondary N) is 1. The van der Waals surface area contributed by atoms with Gasteiger partial charge in [-0.25, -0.2) is 4.98 Å². The van der Waals surface area contributed by atoms with E-state index in [0.29, 0.717) is 37.7 Å². The standard InChI is InChI=1S/C20H22N4O4/c1-20(18(25)22-17-16(28-20)7-4-8-21-17)19(26)24-11-9-23(10-12-24)14-5-3-6-15(13-14)27-2/h3-8,13H,9-12H2,1-2H3,(H,21,22,25)/t20-/m0/s1. The van der Waals surface area contributed by atoms with Crippen LogP contribution in [0.15, 0.2) is 42.6 Å². The van der Waals surface area contributed by atoms with E-state index in [1.54, 1.807) is 30.3 Å². The summed E-state index contributed by atoms with van der Waals surface area (Å²) >= 11 is 0. The Hall–Kier alpha value is -3.29. The van der Waals surface area contributed by atoms with Gasteiger partial charge in [-0.2, -0.15) is 0 Å². The molecule has 1 saturated heterocycles. The zero-order valence-corrected chi connectivity index (χ0v) is 15.8. The number of carbonyl (C=O) groups excluding carboxylic acids is 2. The Labute approximate surface area is 163 Å². The van der Waals surface area contributed by atoms with Crippen molar-refractivity contribution >= 4 is 23.3 Å². The molecule has 3 heterocycles. The quantitative estimate of drug-likeness (QED) is 0.811. The normalized spacial score (nSPS) is 21.4. The van der Waals surface area contributed by atoms with Crippen LogP contribution in [0.25, 0.3) is 0 Å². The number of amides is 2. The lowest BCUT2D eigenvalue weighted by Gasteiger charge is -2.41. The SMILES string of the molecule is COc1cccc(N2CCN(C(=O)[C@@]3(C)Oc4cccnc4NC3=O)CC2)c1. The second-order valence-corrected chi connectivity index (χ2v) is 6.92. The van der Waals surface area contributed by atoms with Crippen molar-refractivity contribution in [2.75, 3.05) is 43.5 Å². The van der Waals surface area contributed by atoms with Gasteiger partial charge in [-0.05, 0) is 31.2 Å². The molecule has 0 saturated carbocycles. The molecule has 2 amide bonds. The Morgan fingerprint density at radius 1 is 1.21 bits per heavy atom. The number of pyridine rings is 1. The molecule has 1 N–H and O–H groups in total. The van der Waals surface area contributed by atoms with Gasteiger partial charge in [0.05, 0.1) is 7.11 Å². The number of carbonyl (C=O) groups is 2. The van der Waals surface area contributed by atoms with Crippen LogP contribution < -0.4 is 19.7 Å². The molecule has 0 aliphatic carbocycles. The van der Waals surface area contributed by atoms with Crippen LogP contribution in [0, 0.1) is 0 Å². The highest BCUT2D eigenvalue weighted by molar-refractivity contribution is 6.15. The van der Waals surface area contributed by atoms with Gasteiger partial charge in [0, 0.05) is 44.1 Å². The van der Waals surface area contributed by atoms with Gasteiger partial charge < -0.3 is 24.6 Å². The van der Waals surface area contributed by atoms with E-state index in [1.165, 1.54) is 6.92 Å². The van der Waals surface area contributed by atoms with Gasteiger partial charge in [0.1, 0.15) is 5.75 Å². The second kappa shape index (κ2) is 7.03. The Bertz CT molecular complexity index is 911. The smallest absolute Gasteiger partial charge is 0.279 e. The van der Waals surface area contributed by atoms with E-state index in [9.17, 15) is 9.59 Å². The number of fused-ring (bicyclic) bond motifs is 1. The summed E-state index contributed by atoms with van der Waals surface area (Å²) in [6, 6.07) is 11.2. The zero-order valence-electron chi connectivity index (χ0n) is 15.8. The first-order valence-corrected chi connectivity index (χ1v) is 9.15. The molecule has 1 fully saturated rings. The van der Waals surface area contributed by atoms with E-state index in [-0.39, 0.29) is 5.91 Å². The number of ether oxygens (including phenoxy) is 2. The molecule has 0 spiro atoms. The van der Waals surface area contributed by atoms with Gasteiger partial charge in [0.25, 0.3) is 17.4 Å². The highest BCUT2D eigenvalue weighted by atomic mass is 16.5. The lowest BCUT2D eigenvalue weighted by molar-refractivity contribution is -0.154. The largest absolute Gasteiger partial charge is 0.497 e. The first-order chi connectivity index (χ1) is 13.5. The number of nitrogens with zero attached hydrogens (tertiary/aromatic N) is 3. The van der Waals surface area contributed by atoms with Crippen LogP contribution >= 0.6 is 0 Å². The molecule has 1 atom stereocenters. The summed E-state index contributed by atoms with van der Waals surface area (Å²) in [7, 11) is 1.64. The molecule has 0 radical (unpaired) electrons. The molecular formula is C20H22N4O4. The van der Waals surface area contributed by atoms with Gasteiger partial charge in [0.2, 0.25) is 0 Å². The number of piperazine rings is 1. The molecule has 2 aliphatic heterocycles. The Morgan fingerprint density at radius 3 is 2.75 bits per heavy atom. The van der Waals surface area contributed by atoms with Gasteiger partial charge in [-0.3, -0.25) is 9.59 Å². The maximum atomic E-state index is 13.1. The van der Waals surface area contributed by atoms with E-state index < -0.39 is 11.5 Å². The summed E-state index contributed by atoms with van der Waals surface area (Å²) in [6.07, 6.45) is 1.56. The first kappa shape index (κ1) is 18.1. The summed E-state index contributed by atoms with van der Waals surface area (Å²) in [4.78, 5) is 33.6. The predicted octanol–water partition coefficient (Wildman–Crippen LogP) is 1.53. The number of rotatable bonds is 3. The van der Waals surface area contributed by atoms with Crippen LogP contribution in [0.5, 0.6) is 11.5 Å². The minimum absolute atomic E-state index is 0.334. The van der Waals surface area contributed by atoms with Gasteiger partial charge in [0.15, 0.2) is 11.6 Å². The van der Waals surface area contributed by atoms with Crippen molar-refractivity contribution < 1.29 is 19.1 Å². The van der Waals surface area contributed by atoms with E-state index in [4.69, 9.17) is 9.47 Å². The number of aromatic nitrogens is 1. The highest BCUT2D eigenvalue weighted by Crippen LogP contribution is 2.33. The van der Waals surface area contributed by atoms with Crippen LogP contribution in [-0.2, 0) is 9.59 Å². The summed E-state index contributed by atoms with van der Waals surface area (Å²) in [5.41, 5.74) is -0.557. The van der Waals surface area contributed by atoms with Crippen molar-refractivity contribution in [3.8, 4) is 11.5 Å². The van der Waals surface area contributed by atoms with Crippen molar-refractivity contribution in [1.29, 1.82) is 0 Å². The van der Waals surface area contributed by atoms with E-state index >= 15 is 0 Å². The number of anilines is 2. The van der Waals surface area contributed by atoms with Crippen molar-refractivity contribution in [3.63, 3.8) is 0 Å². The third-order valence-corrected chi connectivity index (χ3v) is 5.14. The molecule has 1 aromatic heterocycles. The van der Waals surface area contributed by atoms with Crippen molar-refractivity contribution in [1.82, 2.24) is 9.88 Å². The molecule has 146 valence electrons. The van der Waals surface area contributed by atoms with E-state index in [0.717, 1.165) is 11.4 Å². The fourth-order valence-electron chi connectivity index (χ4n) is 3.48. The first-order valence-electron chi connectivity index (χ1n) is 9.15. The van der Waals surface area contributed by atoms with Gasteiger partial charge in [-0.15, -0.1) is 0 Å². The lowest BCUT2D eigenvalue weighted by atomic mass is 10.0. The maximum Gasteiger partial charge on any atom is 0.279 e. The van der Waals surface area contributed by atoms with Crippen molar-refractivity contribution in [2.24, 2.45) is 0 Å². The van der Waals surface area contributed by atoms with Crippen LogP contribution in [0.4, 0.5) is 11.5 Å². The average Bonchev–Trinajstić information content (AvgIpc) is 2.74. The fraction of sp³-hybridized carbons (Fsp3) is 0.350. The highest BCUT2D eigenvalue weighted by Gasteiger charge is 2.50. The number of benzene rings is 1. The van der Waals surface area contributed by atoms with Crippen LogP contribution in [-0.4, -0.2) is 60.6 Å². The topological polar surface area (TPSA) is 84.0 Å². The summed E-state index contributed by atoms with van der Waals surface area (Å²) in [6.45, 7) is 3.84. The minimum atomic E-state index is -1.60. The molecule has 2 aliphatic rings. The molecule has 1 aromatic carbocycles. The Morgan fingerprint density at radius 2 is 2.00 bits per heavy atom. The Balaban J connectivity index is 1.46. The van der Waals surface area contributed by atoms with Crippen molar-refractivity contribution in [3.05, 3.63) is 42.6 Å². The van der Waals surface area contributed by atoms with Crippen LogP contribution in [0.3, 0.4) is 0 Å². The minimum Gasteiger partial charge on any atom is -0.497 e. The fourth-order valence-corrected chi connectivity index (χ4v) is 3.48. The summed E-state index contributed by atoms with van der Waals surface area (Å²) in [5, 5.41) is 2.67. The molecule has 0 unspecified atom stereocenters. The van der Waals surface area contributed by atoms with Crippen LogP contribution in [0.1, 0.15) is 6.92 Å². The molecule has 4 rings (SSSR count). The van der Waals surface area contributed by atoms with E-state index in [2.05, 4.69) is 15.2 Å². The van der Waals surface area contributed by atoms with Crippen LogP contribution in [0.2, 0.25) is 0 Å². The van der Waals surface area contributed by atoms with E-state index in [1.807, 2.05) is 24.3 Å². The molecule has 2 aromatic rings. The van der Waals surface area contributed by atoms with Gasteiger partial charge >= 0.3 is 0 Å². The number of hydrogen-bond acceptors (Lipinski definition) is 6. The molecule has 8 heteroatoms. The molecule has 8 nitrogen and oxygen atoms in total. The lowest BCUT2D eigenvalue weighted by Crippen LogP contribution is -2.62. The summed E-state index contributed by atoms with van der Waals surface area (Å²) in [5.74, 6) is 0.681. The predicted molar refractivity (Wildman–Crippen MR) is 104 cm³/mol. The monoisotopic (exact) mass is 382 g/mol. The molecule has 0 bridgehead atoms. The third kappa shape index (κ3) is 3.11. The summed E-state index contributed by atoms with van der Waals surface area (Å²) < 4.78 is 11.1. The third-order valence-electron chi connectivity index (χ3n) is 5.14.